The summed E-state index contributed by atoms with van der Waals surface area (Å²) in [5.74, 6) is -1.44. The minimum atomic E-state index is -3.49. The number of carboxylic acids is 1. The Hall–Kier alpha value is -3.38. The van der Waals surface area contributed by atoms with Gasteiger partial charge in [-0.3, -0.25) is 4.79 Å². The number of aliphatic carboxylic acids is 1. The number of hydrogen-bond acceptors (Lipinski definition) is 8. The lowest BCUT2D eigenvalue weighted by molar-refractivity contribution is -0.139. The van der Waals surface area contributed by atoms with E-state index in [1.165, 1.54) is 24.3 Å². The van der Waals surface area contributed by atoms with Gasteiger partial charge < -0.3 is 20.8 Å². The predicted molar refractivity (Wildman–Crippen MR) is 147 cm³/mol. The number of aromatic hydroxyl groups is 1. The van der Waals surface area contributed by atoms with Crippen LogP contribution in [-0.4, -0.2) is 47.2 Å². The molecule has 0 bridgehead atoms. The number of phenolic OH excluding ortho intramolecular Hbond substituents is 1. The number of benzene rings is 3. The van der Waals surface area contributed by atoms with Crippen molar-refractivity contribution in [1.29, 1.82) is 0 Å². The standard InChI is InChI=1S/C25H21Cl2N3O6S2/c1-38(35,36)16-4-2-3-14(9-16)10-19(25(33)34)29-24(32)20-18(26)11-17-22(21(20)27)37-30-23(17)28-12-13-5-7-15(31)8-6-13/h2-9,11,19,31H,10,12H2,1H3,(H,28,30)(H,29,32)(H,33,34)/t19-/m0/s1. The van der Waals surface area contributed by atoms with Crippen LogP contribution in [0, 0.1) is 0 Å². The first-order valence-corrected chi connectivity index (χ1v) is 14.5. The first kappa shape index (κ1) is 27.6. The summed E-state index contributed by atoms with van der Waals surface area (Å²) in [4.78, 5) is 25.1. The van der Waals surface area contributed by atoms with Gasteiger partial charge in [0.05, 0.1) is 25.2 Å². The van der Waals surface area contributed by atoms with E-state index in [1.54, 1.807) is 30.3 Å². The Bertz CT molecular complexity index is 1640. The maximum absolute atomic E-state index is 13.1. The van der Waals surface area contributed by atoms with Gasteiger partial charge in [-0.1, -0.05) is 47.5 Å². The van der Waals surface area contributed by atoms with Gasteiger partial charge in [0.1, 0.15) is 17.6 Å². The van der Waals surface area contributed by atoms with Crippen LogP contribution in [0.5, 0.6) is 5.75 Å². The minimum Gasteiger partial charge on any atom is -0.508 e. The lowest BCUT2D eigenvalue weighted by Gasteiger charge is -2.16. The molecule has 0 aliphatic carbocycles. The number of nitrogens with one attached hydrogen (secondary N) is 2. The molecule has 0 saturated heterocycles. The zero-order chi connectivity index (χ0) is 27.6. The van der Waals surface area contributed by atoms with Crippen LogP contribution in [0.3, 0.4) is 0 Å². The van der Waals surface area contributed by atoms with Gasteiger partial charge in [-0.05, 0) is 53.0 Å². The molecule has 0 spiro atoms. The summed E-state index contributed by atoms with van der Waals surface area (Å²) in [6.07, 6.45) is 0.893. The second kappa shape index (κ2) is 11.2. The van der Waals surface area contributed by atoms with Crippen molar-refractivity contribution < 1.29 is 28.2 Å². The van der Waals surface area contributed by atoms with E-state index in [0.29, 0.717) is 28.0 Å². The van der Waals surface area contributed by atoms with E-state index in [4.69, 9.17) is 23.2 Å². The summed E-state index contributed by atoms with van der Waals surface area (Å²) in [7, 11) is -3.49. The molecule has 0 fully saturated rings. The van der Waals surface area contributed by atoms with E-state index in [2.05, 4.69) is 15.0 Å². The first-order chi connectivity index (χ1) is 17.9. The number of hydrogen-bond donors (Lipinski definition) is 4. The topological polar surface area (TPSA) is 146 Å². The maximum Gasteiger partial charge on any atom is 0.326 e. The van der Waals surface area contributed by atoms with E-state index < -0.39 is 27.8 Å². The number of aromatic nitrogens is 1. The van der Waals surface area contributed by atoms with Gasteiger partial charge >= 0.3 is 5.97 Å². The van der Waals surface area contributed by atoms with Gasteiger partial charge in [-0.2, -0.15) is 4.37 Å². The van der Waals surface area contributed by atoms with Gasteiger partial charge in [0.25, 0.3) is 5.91 Å². The largest absolute Gasteiger partial charge is 0.508 e. The zero-order valence-electron chi connectivity index (χ0n) is 19.7. The number of nitrogens with zero attached hydrogens (tertiary/aromatic N) is 1. The highest BCUT2D eigenvalue weighted by Gasteiger charge is 2.26. The van der Waals surface area contributed by atoms with Crippen molar-refractivity contribution in [3.8, 4) is 5.75 Å². The van der Waals surface area contributed by atoms with Crippen molar-refractivity contribution in [3.63, 3.8) is 0 Å². The van der Waals surface area contributed by atoms with Gasteiger partial charge in [-0.25, -0.2) is 13.2 Å². The summed E-state index contributed by atoms with van der Waals surface area (Å²) < 4.78 is 28.5. The van der Waals surface area contributed by atoms with Crippen LogP contribution in [0.4, 0.5) is 5.82 Å². The van der Waals surface area contributed by atoms with Gasteiger partial charge in [0.15, 0.2) is 9.84 Å². The number of rotatable bonds is 9. The molecule has 9 nitrogen and oxygen atoms in total. The maximum atomic E-state index is 13.1. The Morgan fingerprint density at radius 1 is 1.08 bits per heavy atom. The molecule has 1 amide bonds. The SMILES string of the molecule is CS(=O)(=O)c1cccc(C[C@H](NC(=O)c2c(Cl)cc3c(NCc4ccc(O)cc4)nsc3c2Cl)C(=O)O)c1. The number of sulfone groups is 1. The molecule has 4 rings (SSSR count). The van der Waals surface area contributed by atoms with E-state index in [0.717, 1.165) is 23.4 Å². The Kier molecular flexibility index (Phi) is 8.12. The molecule has 13 heteroatoms. The molecule has 198 valence electrons. The Morgan fingerprint density at radius 3 is 2.45 bits per heavy atom. The van der Waals surface area contributed by atoms with Crippen LogP contribution < -0.4 is 10.6 Å². The molecule has 0 unspecified atom stereocenters. The predicted octanol–water partition coefficient (Wildman–Crippen LogP) is 4.75. The van der Waals surface area contributed by atoms with Crippen LogP contribution in [-0.2, 0) is 27.6 Å². The molecule has 0 radical (unpaired) electrons. The van der Waals surface area contributed by atoms with Crippen LogP contribution in [0.15, 0.2) is 59.5 Å². The van der Waals surface area contributed by atoms with E-state index in [9.17, 15) is 28.2 Å². The molecule has 1 aromatic heterocycles. The highest BCUT2D eigenvalue weighted by Crippen LogP contribution is 2.39. The second-order valence-electron chi connectivity index (χ2n) is 8.46. The van der Waals surface area contributed by atoms with E-state index in [1.807, 2.05) is 0 Å². The van der Waals surface area contributed by atoms with E-state index >= 15 is 0 Å². The second-order valence-corrected chi connectivity index (χ2v) is 12.0. The van der Waals surface area contributed by atoms with Crippen molar-refractivity contribution in [1.82, 2.24) is 9.69 Å². The summed E-state index contributed by atoms with van der Waals surface area (Å²) in [5, 5.41) is 25.4. The Balaban J connectivity index is 1.56. The number of anilines is 1. The van der Waals surface area contributed by atoms with Crippen LogP contribution in [0.25, 0.3) is 10.1 Å². The van der Waals surface area contributed by atoms with Crippen molar-refractivity contribution in [2.45, 2.75) is 23.9 Å². The summed E-state index contributed by atoms with van der Waals surface area (Å²) in [6, 6.07) is 12.7. The lowest BCUT2D eigenvalue weighted by Crippen LogP contribution is -2.42. The Morgan fingerprint density at radius 2 is 1.79 bits per heavy atom. The average Bonchev–Trinajstić information content (AvgIpc) is 3.25. The van der Waals surface area contributed by atoms with Crippen molar-refractivity contribution in [2.24, 2.45) is 0 Å². The van der Waals surface area contributed by atoms with Crippen LogP contribution >= 0.6 is 34.7 Å². The molecule has 4 N–H and O–H groups in total. The summed E-state index contributed by atoms with van der Waals surface area (Å²) in [6.45, 7) is 0.414. The van der Waals surface area contributed by atoms with Crippen LogP contribution in [0.2, 0.25) is 10.0 Å². The number of carbonyl (C=O) groups excluding carboxylic acids is 1. The average molecular weight is 594 g/mol. The third-order valence-electron chi connectivity index (χ3n) is 5.65. The molecule has 0 saturated carbocycles. The molecule has 4 aromatic rings. The molecular formula is C25H21Cl2N3O6S2. The first-order valence-electron chi connectivity index (χ1n) is 11.1. The van der Waals surface area contributed by atoms with Crippen molar-refractivity contribution in [2.75, 3.05) is 11.6 Å². The normalized spacial score (nSPS) is 12.3. The van der Waals surface area contributed by atoms with Gasteiger partial charge in [0, 0.05) is 24.6 Å². The fourth-order valence-corrected chi connectivity index (χ4v) is 5.91. The summed E-state index contributed by atoms with van der Waals surface area (Å²) >= 11 is 14.0. The monoisotopic (exact) mass is 593 g/mol. The zero-order valence-corrected chi connectivity index (χ0v) is 22.9. The van der Waals surface area contributed by atoms with Crippen molar-refractivity contribution >= 4 is 72.4 Å². The number of carboxylic acid groups (broad SMARTS) is 1. The summed E-state index contributed by atoms with van der Waals surface area (Å²) in [5.41, 5.74) is 1.23. The molecule has 3 aromatic carbocycles. The molecule has 1 atom stereocenters. The number of carbonyl (C=O) groups is 2. The molecular weight excluding hydrogens is 573 g/mol. The fourth-order valence-electron chi connectivity index (χ4n) is 3.71. The number of fused-ring (bicyclic) bond motifs is 1. The number of halogens is 2. The molecule has 1 heterocycles. The Labute approximate surface area is 232 Å². The van der Waals surface area contributed by atoms with Crippen molar-refractivity contribution in [3.05, 3.63) is 81.3 Å². The third-order valence-corrected chi connectivity index (χ3v) is 8.43. The highest BCUT2D eigenvalue weighted by atomic mass is 35.5. The third kappa shape index (κ3) is 6.18. The quantitative estimate of drug-likeness (QED) is 0.217. The highest BCUT2D eigenvalue weighted by molar-refractivity contribution is 7.90. The lowest BCUT2D eigenvalue weighted by atomic mass is 10.1. The minimum absolute atomic E-state index is 0.0103. The molecule has 38 heavy (non-hydrogen) atoms. The number of amides is 1. The van der Waals surface area contributed by atoms with Gasteiger partial charge in [0.2, 0.25) is 0 Å². The smallest absolute Gasteiger partial charge is 0.326 e. The molecule has 0 aliphatic heterocycles. The molecule has 0 aliphatic rings. The van der Waals surface area contributed by atoms with Gasteiger partial charge in [-0.15, -0.1) is 0 Å². The number of phenols is 1. The van der Waals surface area contributed by atoms with E-state index in [-0.39, 0.29) is 32.7 Å². The van der Waals surface area contributed by atoms with Crippen LogP contribution in [0.1, 0.15) is 21.5 Å². The fraction of sp³-hybridized carbons (Fsp3) is 0.160.